The van der Waals surface area contributed by atoms with Gasteiger partial charge >= 0.3 is 0 Å². The molecule has 6 nitrogen and oxygen atoms in total. The lowest BCUT2D eigenvalue weighted by molar-refractivity contribution is 0.226. The van der Waals surface area contributed by atoms with Crippen LogP contribution in [0, 0.1) is 16.1 Å². The second-order valence-electron chi connectivity index (χ2n) is 4.81. The largest absolute Gasteiger partial charge is 0.388 e. The lowest BCUT2D eigenvalue weighted by Crippen LogP contribution is -2.28. The summed E-state index contributed by atoms with van der Waals surface area (Å²) >= 11 is 5.42. The Kier molecular flexibility index (Phi) is 4.69. The normalized spacial score (nSPS) is 14.8. The van der Waals surface area contributed by atoms with Gasteiger partial charge in [-0.1, -0.05) is 6.92 Å². The Balaban J connectivity index is 2.20. The number of aliphatic hydroxyl groups is 1. The van der Waals surface area contributed by atoms with Crippen molar-refractivity contribution in [1.82, 2.24) is 19.2 Å². The van der Waals surface area contributed by atoms with E-state index in [0.29, 0.717) is 29.9 Å². The molecule has 1 heterocycles. The summed E-state index contributed by atoms with van der Waals surface area (Å²) in [5, 5.41) is 22.6. The Morgan fingerprint density at radius 1 is 1.58 bits per heavy atom. The number of rotatable bonds is 7. The number of nitrogens with zero attached hydrogens (tertiary/aromatic N) is 5. The molecule has 0 saturated heterocycles. The average molecular weight is 281 g/mol. The Morgan fingerprint density at radius 3 is 2.84 bits per heavy atom. The zero-order chi connectivity index (χ0) is 13.8. The number of hydrogen-bond donors (Lipinski definition) is 1. The van der Waals surface area contributed by atoms with E-state index in [2.05, 4.69) is 18.1 Å². The van der Waals surface area contributed by atoms with Gasteiger partial charge < -0.3 is 5.11 Å². The molecule has 1 aliphatic rings. The molecule has 0 unspecified atom stereocenters. The van der Waals surface area contributed by atoms with Crippen LogP contribution < -0.4 is 0 Å². The first-order valence-electron chi connectivity index (χ1n) is 6.59. The fraction of sp³-hybridized carbons (Fsp3) is 0.750. The molecule has 0 spiro atoms. The van der Waals surface area contributed by atoms with Crippen molar-refractivity contribution >= 4 is 12.2 Å². The third-order valence-corrected chi connectivity index (χ3v) is 3.57. The zero-order valence-corrected chi connectivity index (χ0v) is 11.9. The van der Waals surface area contributed by atoms with Gasteiger partial charge in [-0.25, -0.2) is 4.68 Å². The maximum atomic E-state index is 9.36. The van der Waals surface area contributed by atoms with Crippen LogP contribution in [0.3, 0.4) is 0 Å². The minimum Gasteiger partial charge on any atom is -0.388 e. The van der Waals surface area contributed by atoms with Gasteiger partial charge in [-0.2, -0.15) is 10.4 Å². The van der Waals surface area contributed by atoms with Crippen molar-refractivity contribution < 1.29 is 5.11 Å². The summed E-state index contributed by atoms with van der Waals surface area (Å²) in [6.07, 6.45) is 3.18. The van der Waals surface area contributed by atoms with Gasteiger partial charge in [0.05, 0.1) is 19.3 Å². The maximum absolute atomic E-state index is 9.36. The topological polar surface area (TPSA) is 70.0 Å². The van der Waals surface area contributed by atoms with Gasteiger partial charge in [0.2, 0.25) is 0 Å². The summed E-state index contributed by atoms with van der Waals surface area (Å²) in [7, 11) is 0. The molecule has 0 aliphatic heterocycles. The van der Waals surface area contributed by atoms with Crippen molar-refractivity contribution in [2.24, 2.45) is 0 Å². The molecule has 1 aromatic rings. The lowest BCUT2D eigenvalue weighted by Gasteiger charge is -2.17. The smallest absolute Gasteiger partial charge is 0.199 e. The van der Waals surface area contributed by atoms with E-state index in [9.17, 15) is 5.11 Å². The molecule has 1 aromatic heterocycles. The summed E-state index contributed by atoms with van der Waals surface area (Å²) in [6.45, 7) is 3.68. The number of aliphatic hydroxyl groups excluding tert-OH is 1. The van der Waals surface area contributed by atoms with Crippen LogP contribution >= 0.6 is 12.2 Å². The molecule has 0 aromatic carbocycles. The average Bonchev–Trinajstić information content (AvgIpc) is 3.17. The van der Waals surface area contributed by atoms with Gasteiger partial charge in [0.25, 0.3) is 0 Å². The molecule has 1 fully saturated rings. The van der Waals surface area contributed by atoms with Crippen LogP contribution in [-0.2, 0) is 13.3 Å². The quantitative estimate of drug-likeness (QED) is 0.605. The molecular formula is C12H19N5OS. The fourth-order valence-corrected chi connectivity index (χ4v) is 2.52. The molecule has 0 bridgehead atoms. The van der Waals surface area contributed by atoms with Gasteiger partial charge in [-0.05, 0) is 31.5 Å². The standard InChI is InChI=1S/C12H19N5OS/c1-2-6-15(7-5-13)9-16-12(19)17(10-3-4-10)11(8-18)14-16/h10,18H,2-4,6-9H2,1H3. The number of hydrogen-bond acceptors (Lipinski definition) is 5. The highest BCUT2D eigenvalue weighted by molar-refractivity contribution is 7.71. The first-order valence-corrected chi connectivity index (χ1v) is 7.00. The van der Waals surface area contributed by atoms with Crippen LogP contribution in [0.1, 0.15) is 38.1 Å². The van der Waals surface area contributed by atoms with Gasteiger partial charge in [0.1, 0.15) is 6.61 Å². The molecule has 19 heavy (non-hydrogen) atoms. The van der Waals surface area contributed by atoms with E-state index in [1.807, 2.05) is 9.47 Å². The van der Waals surface area contributed by atoms with Crippen LogP contribution in [0.15, 0.2) is 0 Å². The molecular weight excluding hydrogens is 262 g/mol. The Hall–Kier alpha value is -1.23. The molecule has 1 N–H and O–H groups in total. The van der Waals surface area contributed by atoms with E-state index in [1.165, 1.54) is 0 Å². The molecule has 1 saturated carbocycles. The second-order valence-corrected chi connectivity index (χ2v) is 5.17. The highest BCUT2D eigenvalue weighted by Crippen LogP contribution is 2.36. The molecule has 0 atom stereocenters. The van der Waals surface area contributed by atoms with Crippen molar-refractivity contribution in [2.45, 2.75) is 45.5 Å². The van der Waals surface area contributed by atoms with Crippen molar-refractivity contribution in [2.75, 3.05) is 13.1 Å². The van der Waals surface area contributed by atoms with E-state index in [0.717, 1.165) is 25.8 Å². The molecule has 1 aliphatic carbocycles. The highest BCUT2D eigenvalue weighted by atomic mass is 32.1. The minimum atomic E-state index is -0.0980. The third kappa shape index (κ3) is 3.21. The van der Waals surface area contributed by atoms with Crippen LogP contribution in [-0.4, -0.2) is 37.4 Å². The minimum absolute atomic E-state index is 0.0980. The number of aromatic nitrogens is 3. The Labute approximate surface area is 117 Å². The summed E-state index contributed by atoms with van der Waals surface area (Å²) in [6, 6.07) is 2.56. The van der Waals surface area contributed by atoms with Crippen LogP contribution in [0.2, 0.25) is 0 Å². The third-order valence-electron chi connectivity index (χ3n) is 3.16. The van der Waals surface area contributed by atoms with Gasteiger partial charge in [-0.15, -0.1) is 0 Å². The van der Waals surface area contributed by atoms with Crippen LogP contribution in [0.4, 0.5) is 0 Å². The maximum Gasteiger partial charge on any atom is 0.199 e. The van der Waals surface area contributed by atoms with E-state index in [4.69, 9.17) is 17.5 Å². The van der Waals surface area contributed by atoms with Crippen molar-refractivity contribution in [3.05, 3.63) is 10.6 Å². The van der Waals surface area contributed by atoms with E-state index in [1.54, 1.807) is 4.68 Å². The number of nitriles is 1. The first kappa shape index (κ1) is 14.2. The lowest BCUT2D eigenvalue weighted by atomic mass is 10.4. The summed E-state index contributed by atoms with van der Waals surface area (Å²) < 4.78 is 4.31. The second kappa shape index (κ2) is 6.28. The van der Waals surface area contributed by atoms with E-state index >= 15 is 0 Å². The van der Waals surface area contributed by atoms with Gasteiger partial charge in [-0.3, -0.25) is 9.47 Å². The summed E-state index contributed by atoms with van der Waals surface area (Å²) in [5.41, 5.74) is 0. The van der Waals surface area contributed by atoms with Crippen molar-refractivity contribution in [3.63, 3.8) is 0 Å². The molecule has 104 valence electrons. The monoisotopic (exact) mass is 281 g/mol. The fourth-order valence-electron chi connectivity index (χ4n) is 2.17. The van der Waals surface area contributed by atoms with Crippen molar-refractivity contribution in [1.29, 1.82) is 5.26 Å². The van der Waals surface area contributed by atoms with E-state index in [-0.39, 0.29) is 6.61 Å². The highest BCUT2D eigenvalue weighted by Gasteiger charge is 2.28. The predicted molar refractivity (Wildman–Crippen MR) is 72.7 cm³/mol. The summed E-state index contributed by atoms with van der Waals surface area (Å²) in [4.78, 5) is 2.00. The van der Waals surface area contributed by atoms with Gasteiger partial charge in [0.15, 0.2) is 10.6 Å². The van der Waals surface area contributed by atoms with Crippen LogP contribution in [0.25, 0.3) is 0 Å². The zero-order valence-electron chi connectivity index (χ0n) is 11.1. The molecule has 0 radical (unpaired) electrons. The van der Waals surface area contributed by atoms with Crippen LogP contribution in [0.5, 0.6) is 0 Å². The molecule has 2 rings (SSSR count). The van der Waals surface area contributed by atoms with Crippen molar-refractivity contribution in [3.8, 4) is 6.07 Å². The molecule has 0 amide bonds. The predicted octanol–water partition coefficient (Wildman–Crippen LogP) is 1.43. The SMILES string of the molecule is CCCN(CC#N)Cn1nc(CO)n(C2CC2)c1=S. The Bertz CT molecular complexity index is 525. The van der Waals surface area contributed by atoms with E-state index < -0.39 is 0 Å². The first-order chi connectivity index (χ1) is 9.21. The van der Waals surface area contributed by atoms with Gasteiger partial charge in [0, 0.05) is 12.6 Å². The summed E-state index contributed by atoms with van der Waals surface area (Å²) in [5.74, 6) is 0.626. The molecule has 7 heteroatoms. The Morgan fingerprint density at radius 2 is 2.32 bits per heavy atom.